The highest BCUT2D eigenvalue weighted by Crippen LogP contribution is 2.22. The number of ether oxygens (including phenoxy) is 1. The minimum Gasteiger partial charge on any atom is -0.444 e. The average Bonchev–Trinajstić information content (AvgIpc) is 3.00. The summed E-state index contributed by atoms with van der Waals surface area (Å²) >= 11 is 3.19. The summed E-state index contributed by atoms with van der Waals surface area (Å²) in [6.07, 6.45) is 1.69. The quantitative estimate of drug-likeness (QED) is 0.622. The number of furan rings is 1. The minimum atomic E-state index is -0.479. The fraction of sp³-hybridized carbons (Fsp3) is 0.0667. The molecule has 0 saturated heterocycles. The number of benzene rings is 1. The molecule has 0 aliphatic carbocycles. The van der Waals surface area contributed by atoms with Gasteiger partial charge in [0.25, 0.3) is 5.90 Å². The Morgan fingerprint density at radius 1 is 1.15 bits per heavy atom. The van der Waals surface area contributed by atoms with Crippen LogP contribution in [0.5, 0.6) is 0 Å². The van der Waals surface area contributed by atoms with Crippen LogP contribution in [0.25, 0.3) is 6.08 Å². The lowest BCUT2D eigenvalue weighted by Crippen LogP contribution is -2.04. The fourth-order valence-electron chi connectivity index (χ4n) is 1.76. The summed E-state index contributed by atoms with van der Waals surface area (Å²) in [6, 6.07) is 11.2. The van der Waals surface area contributed by atoms with Crippen LogP contribution < -0.4 is 0 Å². The number of hydrogen-bond donors (Lipinski definition) is 0. The van der Waals surface area contributed by atoms with Crippen LogP contribution in [0.2, 0.25) is 0 Å². The third-order valence-electron chi connectivity index (χ3n) is 2.79. The lowest BCUT2D eigenvalue weighted by molar-refractivity contribution is -0.130. The highest BCUT2D eigenvalue weighted by Gasteiger charge is 2.26. The number of carbonyl (C=O) groups is 1. The predicted octanol–water partition coefficient (Wildman–Crippen LogP) is 3.70. The molecule has 5 heteroatoms. The molecule has 0 N–H and O–H groups in total. The number of aliphatic imine (C=N–C) groups is 1. The molecule has 0 fully saturated rings. The van der Waals surface area contributed by atoms with Crippen molar-refractivity contribution in [3.05, 3.63) is 63.7 Å². The Bertz CT molecular complexity index is 726. The van der Waals surface area contributed by atoms with Crippen molar-refractivity contribution < 1.29 is 13.9 Å². The summed E-state index contributed by atoms with van der Waals surface area (Å²) in [7, 11) is 0. The molecule has 1 aromatic heterocycles. The standard InChI is InChI=1S/C15H10BrNO3/c1-9-2-4-10(5-3-9)8-11-15(18)20-14(17-11)12-6-7-13(16)19-12/h2-8H,1H3/b11-8+. The lowest BCUT2D eigenvalue weighted by atomic mass is 10.1. The topological polar surface area (TPSA) is 51.8 Å². The maximum absolute atomic E-state index is 11.8. The van der Waals surface area contributed by atoms with Gasteiger partial charge in [-0.2, -0.15) is 0 Å². The van der Waals surface area contributed by atoms with Crippen LogP contribution in [0.3, 0.4) is 0 Å². The second-order valence-electron chi connectivity index (χ2n) is 4.35. The van der Waals surface area contributed by atoms with Crippen molar-refractivity contribution in [2.45, 2.75) is 6.92 Å². The number of carbonyl (C=O) groups excluding carboxylic acids is 1. The average molecular weight is 332 g/mol. The molecule has 1 aliphatic rings. The van der Waals surface area contributed by atoms with E-state index in [9.17, 15) is 4.79 Å². The van der Waals surface area contributed by atoms with E-state index in [1.165, 1.54) is 0 Å². The third-order valence-corrected chi connectivity index (χ3v) is 3.21. The van der Waals surface area contributed by atoms with Crippen molar-refractivity contribution in [3.8, 4) is 0 Å². The van der Waals surface area contributed by atoms with E-state index < -0.39 is 5.97 Å². The molecule has 4 nitrogen and oxygen atoms in total. The summed E-state index contributed by atoms with van der Waals surface area (Å²) in [4.78, 5) is 15.9. The molecule has 0 amide bonds. The lowest BCUT2D eigenvalue weighted by Gasteiger charge is -1.95. The summed E-state index contributed by atoms with van der Waals surface area (Å²) < 4.78 is 11.0. The molecule has 0 bridgehead atoms. The number of hydrogen-bond acceptors (Lipinski definition) is 4. The van der Waals surface area contributed by atoms with Gasteiger partial charge in [0.15, 0.2) is 16.1 Å². The van der Waals surface area contributed by atoms with Crippen molar-refractivity contribution >= 4 is 33.9 Å². The van der Waals surface area contributed by atoms with Gasteiger partial charge < -0.3 is 9.15 Å². The number of halogens is 1. The highest BCUT2D eigenvalue weighted by molar-refractivity contribution is 9.10. The number of esters is 1. The smallest absolute Gasteiger partial charge is 0.363 e. The Balaban J connectivity index is 1.92. The monoisotopic (exact) mass is 331 g/mol. The van der Waals surface area contributed by atoms with Crippen LogP contribution in [0.15, 0.2) is 56.2 Å². The summed E-state index contributed by atoms with van der Waals surface area (Å²) in [5.41, 5.74) is 2.32. The maximum atomic E-state index is 11.8. The van der Waals surface area contributed by atoms with Crippen LogP contribution in [-0.2, 0) is 9.53 Å². The zero-order valence-electron chi connectivity index (χ0n) is 10.6. The Kier molecular flexibility index (Phi) is 3.28. The second-order valence-corrected chi connectivity index (χ2v) is 5.13. The maximum Gasteiger partial charge on any atom is 0.363 e. The van der Waals surface area contributed by atoms with Gasteiger partial charge in [-0.25, -0.2) is 9.79 Å². The van der Waals surface area contributed by atoms with Crippen molar-refractivity contribution in [2.24, 2.45) is 4.99 Å². The SMILES string of the molecule is Cc1ccc(/C=C2/N=C(c3ccc(Br)o3)OC2=O)cc1. The number of rotatable bonds is 2. The molecule has 20 heavy (non-hydrogen) atoms. The Hall–Kier alpha value is -2.14. The largest absolute Gasteiger partial charge is 0.444 e. The Labute approximate surface area is 123 Å². The van der Waals surface area contributed by atoms with E-state index in [1.54, 1.807) is 18.2 Å². The third kappa shape index (κ3) is 2.58. The van der Waals surface area contributed by atoms with Gasteiger partial charge >= 0.3 is 5.97 Å². The van der Waals surface area contributed by atoms with Crippen LogP contribution in [-0.4, -0.2) is 11.9 Å². The van der Waals surface area contributed by atoms with Gasteiger partial charge in [0.2, 0.25) is 0 Å². The van der Waals surface area contributed by atoms with Crippen LogP contribution in [0.4, 0.5) is 0 Å². The van der Waals surface area contributed by atoms with E-state index in [0.29, 0.717) is 10.4 Å². The highest BCUT2D eigenvalue weighted by atomic mass is 79.9. The molecule has 3 rings (SSSR count). The van der Waals surface area contributed by atoms with Gasteiger partial charge in [-0.15, -0.1) is 0 Å². The molecule has 1 aromatic carbocycles. The van der Waals surface area contributed by atoms with Gasteiger partial charge in [-0.3, -0.25) is 0 Å². The van der Waals surface area contributed by atoms with Crippen molar-refractivity contribution in [1.29, 1.82) is 0 Å². The van der Waals surface area contributed by atoms with E-state index in [2.05, 4.69) is 20.9 Å². The van der Waals surface area contributed by atoms with Crippen LogP contribution in [0, 0.1) is 6.92 Å². The molecule has 0 atom stereocenters. The van der Waals surface area contributed by atoms with Crippen LogP contribution >= 0.6 is 15.9 Å². The van der Waals surface area contributed by atoms with Crippen molar-refractivity contribution in [3.63, 3.8) is 0 Å². The first kappa shape index (κ1) is 12.9. The van der Waals surface area contributed by atoms with Crippen molar-refractivity contribution in [2.75, 3.05) is 0 Å². The molecule has 1 aliphatic heterocycles. The molecular weight excluding hydrogens is 322 g/mol. The minimum absolute atomic E-state index is 0.180. The fourth-order valence-corrected chi connectivity index (χ4v) is 2.07. The molecule has 0 saturated carbocycles. The predicted molar refractivity (Wildman–Crippen MR) is 78.2 cm³/mol. The molecule has 0 spiro atoms. The summed E-state index contributed by atoms with van der Waals surface area (Å²) in [5, 5.41) is 0. The molecular formula is C15H10BrNO3. The van der Waals surface area contributed by atoms with Gasteiger partial charge in [0.1, 0.15) is 0 Å². The van der Waals surface area contributed by atoms with E-state index in [-0.39, 0.29) is 11.6 Å². The van der Waals surface area contributed by atoms with E-state index >= 15 is 0 Å². The summed E-state index contributed by atoms with van der Waals surface area (Å²) in [5.74, 6) is 0.115. The molecule has 100 valence electrons. The summed E-state index contributed by atoms with van der Waals surface area (Å²) in [6.45, 7) is 2.01. The molecule has 0 unspecified atom stereocenters. The normalized spacial score (nSPS) is 16.4. The van der Waals surface area contributed by atoms with Crippen LogP contribution in [0.1, 0.15) is 16.9 Å². The van der Waals surface area contributed by atoms with E-state index in [4.69, 9.17) is 9.15 Å². The number of aryl methyl sites for hydroxylation is 1. The molecule has 2 heterocycles. The molecule has 0 radical (unpaired) electrons. The van der Waals surface area contributed by atoms with E-state index in [1.807, 2.05) is 31.2 Å². The Morgan fingerprint density at radius 2 is 1.90 bits per heavy atom. The number of nitrogens with zero attached hydrogens (tertiary/aromatic N) is 1. The zero-order chi connectivity index (χ0) is 14.1. The number of cyclic esters (lactones) is 1. The first-order valence-corrected chi connectivity index (χ1v) is 6.76. The second kappa shape index (κ2) is 5.09. The van der Waals surface area contributed by atoms with Gasteiger partial charge in [0, 0.05) is 0 Å². The van der Waals surface area contributed by atoms with E-state index in [0.717, 1.165) is 11.1 Å². The molecule has 2 aromatic rings. The first-order chi connectivity index (χ1) is 9.61. The van der Waals surface area contributed by atoms with Gasteiger partial charge in [-0.05, 0) is 46.6 Å². The first-order valence-electron chi connectivity index (χ1n) is 5.97. The Morgan fingerprint density at radius 3 is 2.55 bits per heavy atom. The van der Waals surface area contributed by atoms with Gasteiger partial charge in [-0.1, -0.05) is 29.8 Å². The van der Waals surface area contributed by atoms with Gasteiger partial charge in [0.05, 0.1) is 0 Å². The zero-order valence-corrected chi connectivity index (χ0v) is 12.2. The van der Waals surface area contributed by atoms with Crippen molar-refractivity contribution in [1.82, 2.24) is 0 Å².